The number of H-pyrrole nitrogens is 1. The van der Waals surface area contributed by atoms with Crippen molar-refractivity contribution in [2.75, 3.05) is 16.8 Å². The highest BCUT2D eigenvalue weighted by Crippen LogP contribution is 2.45. The maximum atomic E-state index is 13.4. The monoisotopic (exact) mass is 479 g/mol. The van der Waals surface area contributed by atoms with Crippen LogP contribution in [0.5, 0.6) is 0 Å². The number of nitrogens with one attached hydrogen (secondary N) is 2. The zero-order valence-corrected chi connectivity index (χ0v) is 19.6. The van der Waals surface area contributed by atoms with Gasteiger partial charge in [-0.3, -0.25) is 19.3 Å². The number of carbonyl (C=O) groups excluding carboxylic acids is 3. The summed E-state index contributed by atoms with van der Waals surface area (Å²) in [6.07, 6.45) is 3.83. The Hall–Kier alpha value is -4.46. The molecule has 2 N–H and O–H groups in total. The van der Waals surface area contributed by atoms with Crippen LogP contribution in [0, 0.1) is 0 Å². The Morgan fingerprint density at radius 3 is 2.61 bits per heavy atom. The Morgan fingerprint density at radius 1 is 0.917 bits per heavy atom. The van der Waals surface area contributed by atoms with E-state index in [1.807, 2.05) is 60.7 Å². The zero-order chi connectivity index (χ0) is 24.6. The molecule has 1 aromatic heterocycles. The van der Waals surface area contributed by atoms with Crippen molar-refractivity contribution < 1.29 is 14.4 Å². The molecule has 0 radical (unpaired) electrons. The summed E-state index contributed by atoms with van der Waals surface area (Å²) in [6, 6.07) is 20.4. The van der Waals surface area contributed by atoms with Crippen LogP contribution in [0.4, 0.5) is 11.4 Å². The van der Waals surface area contributed by atoms with E-state index >= 15 is 0 Å². The third-order valence-corrected chi connectivity index (χ3v) is 6.89. The summed E-state index contributed by atoms with van der Waals surface area (Å²) in [6.45, 7) is 0.508. The Labute approximate surface area is 207 Å². The molecule has 0 saturated carbocycles. The van der Waals surface area contributed by atoms with Crippen LogP contribution >= 0.6 is 0 Å². The number of imidazole rings is 1. The molecule has 1 atom stereocenters. The minimum absolute atomic E-state index is 0.0432. The Morgan fingerprint density at radius 2 is 1.72 bits per heavy atom. The van der Waals surface area contributed by atoms with E-state index in [1.54, 1.807) is 22.2 Å². The van der Waals surface area contributed by atoms with Gasteiger partial charge in [0.15, 0.2) is 0 Å². The Kier molecular flexibility index (Phi) is 5.48. The van der Waals surface area contributed by atoms with Crippen LogP contribution in [0.2, 0.25) is 0 Å². The molecule has 36 heavy (non-hydrogen) atoms. The maximum Gasteiger partial charge on any atom is 0.260 e. The van der Waals surface area contributed by atoms with Crippen LogP contribution < -0.4 is 10.2 Å². The normalized spacial score (nSPS) is 16.2. The summed E-state index contributed by atoms with van der Waals surface area (Å²) < 4.78 is 0. The highest BCUT2D eigenvalue weighted by molar-refractivity contribution is 6.16. The second kappa shape index (κ2) is 8.96. The largest absolute Gasteiger partial charge is 0.345 e. The van der Waals surface area contributed by atoms with Gasteiger partial charge < -0.3 is 15.2 Å². The lowest BCUT2D eigenvalue weighted by atomic mass is 10.0. The molecule has 8 heteroatoms. The van der Waals surface area contributed by atoms with Crippen molar-refractivity contribution in [3.63, 3.8) is 0 Å². The van der Waals surface area contributed by atoms with Crippen LogP contribution in [0.25, 0.3) is 11.0 Å². The fraction of sp³-hybridized carbons (Fsp3) is 0.214. The van der Waals surface area contributed by atoms with Crippen molar-refractivity contribution in [3.05, 3.63) is 89.7 Å². The standard InChI is InChI=1S/C28H25N5O3/c34-25(31-18-13-14-22-23(16-18)30-17-29-22)12-2-1-7-15-32-26-19-8-3-4-9-20(19)28(36)33(26)24-11-6-5-10-21(24)27(32)35/h3-6,8-11,13-14,16-17,26H,1-2,7,12,15H2,(H,29,30)(H,31,34)/t26-/m1/s1. The van der Waals surface area contributed by atoms with E-state index in [0.29, 0.717) is 36.2 Å². The van der Waals surface area contributed by atoms with Gasteiger partial charge in [-0.25, -0.2) is 4.98 Å². The van der Waals surface area contributed by atoms with Crippen LogP contribution in [-0.2, 0) is 4.79 Å². The summed E-state index contributed by atoms with van der Waals surface area (Å²) in [7, 11) is 0. The number of amides is 3. The molecular formula is C28H25N5O3. The highest BCUT2D eigenvalue weighted by atomic mass is 16.2. The fourth-order valence-corrected chi connectivity index (χ4v) is 5.18. The van der Waals surface area contributed by atoms with Crippen LogP contribution in [0.1, 0.15) is 58.1 Å². The van der Waals surface area contributed by atoms with Crippen molar-refractivity contribution in [1.82, 2.24) is 14.9 Å². The second-order valence-electron chi connectivity index (χ2n) is 9.15. The number of nitrogens with zero attached hydrogens (tertiary/aromatic N) is 3. The van der Waals surface area contributed by atoms with E-state index in [4.69, 9.17) is 0 Å². The highest BCUT2D eigenvalue weighted by Gasteiger charge is 2.47. The summed E-state index contributed by atoms with van der Waals surface area (Å²) >= 11 is 0. The molecule has 3 aromatic carbocycles. The molecule has 2 aliphatic rings. The maximum absolute atomic E-state index is 13.4. The molecule has 3 amide bonds. The lowest BCUT2D eigenvalue weighted by Gasteiger charge is -2.41. The van der Waals surface area contributed by atoms with Gasteiger partial charge in [-0.05, 0) is 49.2 Å². The number of hydrogen-bond donors (Lipinski definition) is 2. The number of para-hydroxylation sites is 1. The summed E-state index contributed by atoms with van der Waals surface area (Å²) in [5.74, 6) is -0.188. The fourth-order valence-electron chi connectivity index (χ4n) is 5.18. The third-order valence-electron chi connectivity index (χ3n) is 6.89. The summed E-state index contributed by atoms with van der Waals surface area (Å²) in [4.78, 5) is 49.9. The van der Waals surface area contributed by atoms with Crippen LogP contribution in [0.3, 0.4) is 0 Å². The van der Waals surface area contributed by atoms with Gasteiger partial charge in [-0.15, -0.1) is 0 Å². The Bertz CT molecular complexity index is 1490. The number of aromatic nitrogens is 2. The number of aromatic amines is 1. The summed E-state index contributed by atoms with van der Waals surface area (Å²) in [5, 5.41) is 2.93. The molecule has 0 fully saturated rings. The molecule has 180 valence electrons. The van der Waals surface area contributed by atoms with Gasteiger partial charge in [-0.2, -0.15) is 0 Å². The third kappa shape index (κ3) is 3.71. The molecule has 2 aliphatic heterocycles. The minimum Gasteiger partial charge on any atom is -0.345 e. The number of fused-ring (bicyclic) bond motifs is 6. The Balaban J connectivity index is 1.10. The number of rotatable bonds is 7. The molecule has 6 rings (SSSR count). The van der Waals surface area contributed by atoms with Crippen molar-refractivity contribution in [3.8, 4) is 0 Å². The molecule has 0 bridgehead atoms. The molecule has 3 heterocycles. The SMILES string of the molecule is O=C(CCCCCN1C(=O)c2ccccc2N2C(=O)c3ccccc3[C@H]12)Nc1ccc2nc[nH]c2c1. The number of carbonyl (C=O) groups is 3. The first-order valence-corrected chi connectivity index (χ1v) is 12.2. The quantitative estimate of drug-likeness (QED) is 0.369. The van der Waals surface area contributed by atoms with Crippen molar-refractivity contribution in [2.45, 2.75) is 31.8 Å². The van der Waals surface area contributed by atoms with E-state index < -0.39 is 6.17 Å². The molecule has 0 saturated heterocycles. The number of unbranched alkanes of at least 4 members (excludes halogenated alkanes) is 2. The van der Waals surface area contributed by atoms with Crippen molar-refractivity contribution in [2.24, 2.45) is 0 Å². The smallest absolute Gasteiger partial charge is 0.260 e. The van der Waals surface area contributed by atoms with Gasteiger partial charge in [0, 0.05) is 29.8 Å². The first-order chi connectivity index (χ1) is 17.6. The number of benzene rings is 3. The van der Waals surface area contributed by atoms with E-state index in [9.17, 15) is 14.4 Å². The molecule has 0 aliphatic carbocycles. The predicted molar refractivity (Wildman–Crippen MR) is 137 cm³/mol. The van der Waals surface area contributed by atoms with E-state index in [0.717, 1.165) is 35.1 Å². The van der Waals surface area contributed by atoms with E-state index in [2.05, 4.69) is 15.3 Å². The van der Waals surface area contributed by atoms with Gasteiger partial charge in [0.05, 0.1) is 28.6 Å². The molecular weight excluding hydrogens is 454 g/mol. The number of anilines is 2. The topological polar surface area (TPSA) is 98.4 Å². The van der Waals surface area contributed by atoms with E-state index in [1.165, 1.54) is 0 Å². The van der Waals surface area contributed by atoms with Crippen molar-refractivity contribution in [1.29, 1.82) is 0 Å². The first-order valence-electron chi connectivity index (χ1n) is 12.2. The predicted octanol–water partition coefficient (Wildman–Crippen LogP) is 4.88. The second-order valence-corrected chi connectivity index (χ2v) is 9.15. The first kappa shape index (κ1) is 22.0. The number of hydrogen-bond acceptors (Lipinski definition) is 4. The van der Waals surface area contributed by atoms with Gasteiger partial charge in [0.2, 0.25) is 5.91 Å². The molecule has 8 nitrogen and oxygen atoms in total. The average Bonchev–Trinajstić information content (AvgIpc) is 3.48. The van der Waals surface area contributed by atoms with Crippen LogP contribution in [0.15, 0.2) is 73.1 Å². The zero-order valence-electron chi connectivity index (χ0n) is 19.6. The van der Waals surface area contributed by atoms with Gasteiger partial charge in [-0.1, -0.05) is 36.8 Å². The summed E-state index contributed by atoms with van der Waals surface area (Å²) in [5.41, 5.74) is 5.17. The van der Waals surface area contributed by atoms with E-state index in [-0.39, 0.29) is 17.7 Å². The van der Waals surface area contributed by atoms with Gasteiger partial charge in [0.1, 0.15) is 6.17 Å². The molecule has 0 spiro atoms. The minimum atomic E-state index is -0.434. The van der Waals surface area contributed by atoms with Gasteiger partial charge >= 0.3 is 0 Å². The van der Waals surface area contributed by atoms with Crippen LogP contribution in [-0.4, -0.2) is 39.1 Å². The molecule has 4 aromatic rings. The van der Waals surface area contributed by atoms with Crippen molar-refractivity contribution >= 4 is 40.1 Å². The lowest BCUT2D eigenvalue weighted by Crippen LogP contribution is -2.48. The van der Waals surface area contributed by atoms with Gasteiger partial charge in [0.25, 0.3) is 11.8 Å². The lowest BCUT2D eigenvalue weighted by molar-refractivity contribution is -0.116. The molecule has 0 unspecified atom stereocenters. The average molecular weight is 480 g/mol.